The first-order valence-electron chi connectivity index (χ1n) is 11.8. The second-order valence-corrected chi connectivity index (χ2v) is 9.51. The van der Waals surface area contributed by atoms with Gasteiger partial charge >= 0.3 is 6.09 Å². The number of aromatic nitrogens is 1. The molecule has 3 rings (SSSR count). The number of ether oxygens (including phenoxy) is 3. The van der Waals surface area contributed by atoms with Crippen LogP contribution in [0.5, 0.6) is 11.5 Å². The largest absolute Gasteiger partial charge is 0.493 e. The molecule has 2 aromatic rings. The highest BCUT2D eigenvalue weighted by atomic mass is 16.6. The van der Waals surface area contributed by atoms with E-state index in [4.69, 9.17) is 14.2 Å². The van der Waals surface area contributed by atoms with Crippen LogP contribution in [0.15, 0.2) is 36.5 Å². The molecule has 0 radical (unpaired) electrons. The number of likely N-dealkylation sites (tertiary alicyclic amines) is 1. The van der Waals surface area contributed by atoms with Gasteiger partial charge in [-0.2, -0.15) is 0 Å². The standard InChI is InChI=1S/C26H37N3O5/c1-7-27(18-19-10-11-22(32-5)23(17-19)33-6)24(30)21-9-8-14-29(21)20-12-15-28(16-13-20)25(31)34-26(2,3)4/h8-11,14,17,20H,7,12-13,15-16,18H2,1-6H3. The Morgan fingerprint density at radius 3 is 2.32 bits per heavy atom. The first-order valence-corrected chi connectivity index (χ1v) is 11.8. The molecule has 0 saturated carbocycles. The van der Waals surface area contributed by atoms with Crippen molar-refractivity contribution >= 4 is 12.0 Å². The summed E-state index contributed by atoms with van der Waals surface area (Å²) in [5.41, 5.74) is 1.13. The molecule has 186 valence electrons. The van der Waals surface area contributed by atoms with Crippen LogP contribution in [0.3, 0.4) is 0 Å². The molecule has 1 fully saturated rings. The van der Waals surface area contributed by atoms with Crippen LogP contribution in [0.2, 0.25) is 0 Å². The highest BCUT2D eigenvalue weighted by molar-refractivity contribution is 5.92. The van der Waals surface area contributed by atoms with Crippen LogP contribution in [-0.2, 0) is 11.3 Å². The second-order valence-electron chi connectivity index (χ2n) is 9.51. The molecule has 8 nitrogen and oxygen atoms in total. The molecule has 1 aliphatic heterocycles. The van der Waals surface area contributed by atoms with E-state index in [1.165, 1.54) is 0 Å². The van der Waals surface area contributed by atoms with Crippen molar-refractivity contribution in [2.24, 2.45) is 0 Å². The normalized spacial score (nSPS) is 14.6. The molecule has 0 N–H and O–H groups in total. The van der Waals surface area contributed by atoms with E-state index in [2.05, 4.69) is 4.57 Å². The topological polar surface area (TPSA) is 73.2 Å². The number of carbonyl (C=O) groups is 2. The fourth-order valence-electron chi connectivity index (χ4n) is 4.24. The number of hydrogen-bond acceptors (Lipinski definition) is 5. The quantitative estimate of drug-likeness (QED) is 0.583. The van der Waals surface area contributed by atoms with Crippen molar-refractivity contribution < 1.29 is 23.8 Å². The molecule has 34 heavy (non-hydrogen) atoms. The molecule has 1 aromatic heterocycles. The van der Waals surface area contributed by atoms with Crippen LogP contribution in [0.1, 0.15) is 62.6 Å². The number of carbonyl (C=O) groups excluding carboxylic acids is 2. The monoisotopic (exact) mass is 471 g/mol. The Morgan fingerprint density at radius 2 is 1.74 bits per heavy atom. The summed E-state index contributed by atoms with van der Waals surface area (Å²) < 4.78 is 18.3. The van der Waals surface area contributed by atoms with E-state index in [0.717, 1.165) is 18.4 Å². The van der Waals surface area contributed by atoms with Gasteiger partial charge in [-0.1, -0.05) is 6.07 Å². The number of benzene rings is 1. The molecular weight excluding hydrogens is 434 g/mol. The number of nitrogens with zero attached hydrogens (tertiary/aromatic N) is 3. The van der Waals surface area contributed by atoms with E-state index < -0.39 is 5.60 Å². The Morgan fingerprint density at radius 1 is 1.06 bits per heavy atom. The van der Waals surface area contributed by atoms with Crippen LogP contribution in [0.4, 0.5) is 4.79 Å². The molecule has 0 bridgehead atoms. The average molecular weight is 472 g/mol. The summed E-state index contributed by atoms with van der Waals surface area (Å²) in [5.74, 6) is 1.28. The van der Waals surface area contributed by atoms with E-state index in [0.29, 0.717) is 43.4 Å². The lowest BCUT2D eigenvalue weighted by atomic mass is 10.0. The summed E-state index contributed by atoms with van der Waals surface area (Å²) in [4.78, 5) is 29.4. The molecular formula is C26H37N3O5. The van der Waals surface area contributed by atoms with Gasteiger partial charge in [-0.25, -0.2) is 4.79 Å². The fourth-order valence-corrected chi connectivity index (χ4v) is 4.24. The summed E-state index contributed by atoms with van der Waals surface area (Å²) in [6, 6.07) is 9.65. The zero-order chi connectivity index (χ0) is 24.9. The van der Waals surface area contributed by atoms with E-state index in [9.17, 15) is 9.59 Å². The maximum Gasteiger partial charge on any atom is 0.410 e. The van der Waals surface area contributed by atoms with Gasteiger partial charge in [-0.3, -0.25) is 4.79 Å². The maximum absolute atomic E-state index is 13.5. The lowest BCUT2D eigenvalue weighted by Crippen LogP contribution is -2.42. The third-order valence-electron chi connectivity index (χ3n) is 6.00. The van der Waals surface area contributed by atoms with E-state index >= 15 is 0 Å². The van der Waals surface area contributed by atoms with E-state index in [1.54, 1.807) is 19.1 Å². The summed E-state index contributed by atoms with van der Waals surface area (Å²) in [5, 5.41) is 0. The van der Waals surface area contributed by atoms with E-state index in [-0.39, 0.29) is 18.0 Å². The molecule has 0 aliphatic carbocycles. The maximum atomic E-state index is 13.5. The van der Waals surface area contributed by atoms with Crippen LogP contribution < -0.4 is 9.47 Å². The minimum Gasteiger partial charge on any atom is -0.493 e. The highest BCUT2D eigenvalue weighted by Gasteiger charge is 2.29. The number of methoxy groups -OCH3 is 2. The number of hydrogen-bond donors (Lipinski definition) is 0. The Bertz CT molecular complexity index is 987. The summed E-state index contributed by atoms with van der Waals surface area (Å²) in [6.45, 7) is 9.85. The summed E-state index contributed by atoms with van der Waals surface area (Å²) in [7, 11) is 3.21. The van der Waals surface area contributed by atoms with Gasteiger partial charge in [-0.15, -0.1) is 0 Å². The molecule has 1 aromatic carbocycles. The number of piperidine rings is 1. The predicted molar refractivity (Wildman–Crippen MR) is 130 cm³/mol. The Hall–Kier alpha value is -3.16. The van der Waals surface area contributed by atoms with Crippen molar-refractivity contribution in [3.8, 4) is 11.5 Å². The summed E-state index contributed by atoms with van der Waals surface area (Å²) >= 11 is 0. The van der Waals surface area contributed by atoms with Crippen molar-refractivity contribution in [1.82, 2.24) is 14.4 Å². The van der Waals surface area contributed by atoms with E-state index in [1.807, 2.05) is 69.1 Å². The smallest absolute Gasteiger partial charge is 0.410 e. The number of rotatable bonds is 7. The van der Waals surface area contributed by atoms with Crippen molar-refractivity contribution in [3.05, 3.63) is 47.8 Å². The van der Waals surface area contributed by atoms with Crippen LogP contribution in [-0.4, -0.2) is 65.8 Å². The Balaban J connectivity index is 1.68. The van der Waals surface area contributed by atoms with Crippen LogP contribution in [0, 0.1) is 0 Å². The molecule has 0 unspecified atom stereocenters. The van der Waals surface area contributed by atoms with Gasteiger partial charge in [0.2, 0.25) is 0 Å². The van der Waals surface area contributed by atoms with Gasteiger partial charge in [0.1, 0.15) is 11.3 Å². The van der Waals surface area contributed by atoms with Crippen molar-refractivity contribution in [2.75, 3.05) is 33.9 Å². The predicted octanol–water partition coefficient (Wildman–Crippen LogP) is 4.74. The fraction of sp³-hybridized carbons (Fsp3) is 0.538. The lowest BCUT2D eigenvalue weighted by Gasteiger charge is -2.35. The minimum atomic E-state index is -0.508. The molecule has 1 aliphatic rings. The molecule has 1 saturated heterocycles. The average Bonchev–Trinajstić information content (AvgIpc) is 3.31. The van der Waals surface area contributed by atoms with Crippen molar-refractivity contribution in [1.29, 1.82) is 0 Å². The third kappa shape index (κ3) is 6.04. The first kappa shape index (κ1) is 25.5. The third-order valence-corrected chi connectivity index (χ3v) is 6.00. The molecule has 8 heteroatoms. The van der Waals surface area contributed by atoms with Crippen LogP contribution >= 0.6 is 0 Å². The lowest BCUT2D eigenvalue weighted by molar-refractivity contribution is 0.0186. The Kier molecular flexibility index (Phi) is 8.12. The van der Waals surface area contributed by atoms with Crippen molar-refractivity contribution in [3.63, 3.8) is 0 Å². The van der Waals surface area contributed by atoms with Crippen molar-refractivity contribution in [2.45, 2.75) is 58.7 Å². The van der Waals surface area contributed by atoms with Gasteiger partial charge in [0, 0.05) is 38.4 Å². The van der Waals surface area contributed by atoms with Gasteiger partial charge in [0.25, 0.3) is 5.91 Å². The summed E-state index contributed by atoms with van der Waals surface area (Å²) in [6.07, 6.45) is 3.24. The second kappa shape index (κ2) is 10.8. The van der Waals surface area contributed by atoms with Gasteiger partial charge in [-0.05, 0) is 70.4 Å². The first-order chi connectivity index (χ1) is 16.2. The van der Waals surface area contributed by atoms with Gasteiger partial charge < -0.3 is 28.6 Å². The zero-order valence-electron chi connectivity index (χ0n) is 21.2. The SMILES string of the molecule is CCN(Cc1ccc(OC)c(OC)c1)C(=O)c1cccn1C1CCN(C(=O)OC(C)(C)C)CC1. The molecule has 2 heterocycles. The van der Waals surface area contributed by atoms with Gasteiger partial charge in [0.15, 0.2) is 11.5 Å². The molecule has 2 amide bonds. The number of amides is 2. The highest BCUT2D eigenvalue weighted by Crippen LogP contribution is 2.29. The molecule has 0 spiro atoms. The van der Waals surface area contributed by atoms with Gasteiger partial charge in [0.05, 0.1) is 14.2 Å². The molecule has 0 atom stereocenters. The minimum absolute atomic E-state index is 0.0168. The van der Waals surface area contributed by atoms with Crippen LogP contribution in [0.25, 0.3) is 0 Å². The Labute approximate surface area is 202 Å². The zero-order valence-corrected chi connectivity index (χ0v) is 21.2.